The zero-order chi connectivity index (χ0) is 17.9. The minimum Gasteiger partial charge on any atom is -0.496 e. The molecule has 0 saturated carbocycles. The van der Waals surface area contributed by atoms with E-state index in [9.17, 15) is 19.8 Å². The van der Waals surface area contributed by atoms with Crippen LogP contribution in [-0.4, -0.2) is 34.5 Å². The Morgan fingerprint density at radius 1 is 1.08 bits per heavy atom. The number of hydrogen-bond donors (Lipinski definition) is 2. The van der Waals surface area contributed by atoms with Crippen LogP contribution in [0.2, 0.25) is 0 Å². The molecule has 0 aliphatic heterocycles. The summed E-state index contributed by atoms with van der Waals surface area (Å²) in [6.45, 7) is 1.66. The predicted molar refractivity (Wildman–Crippen MR) is 90.2 cm³/mol. The fourth-order valence-electron chi connectivity index (χ4n) is 4.03. The molecule has 2 aliphatic carbocycles. The molecule has 0 spiro atoms. The first-order chi connectivity index (χ1) is 11.8. The molecule has 4 rings (SSSR count). The van der Waals surface area contributed by atoms with Crippen LogP contribution < -0.4 is 4.74 Å². The van der Waals surface area contributed by atoms with Crippen molar-refractivity contribution < 1.29 is 24.5 Å². The minimum atomic E-state index is -1.04. The van der Waals surface area contributed by atoms with Crippen LogP contribution in [0.5, 0.6) is 5.75 Å². The van der Waals surface area contributed by atoms with Gasteiger partial charge in [-0.25, -0.2) is 0 Å². The molecule has 0 radical (unpaired) electrons. The average Bonchev–Trinajstić information content (AvgIpc) is 2.57. The molecule has 0 amide bonds. The number of benzene rings is 2. The number of fused-ring (bicyclic) bond motifs is 4. The van der Waals surface area contributed by atoms with Gasteiger partial charge in [0.2, 0.25) is 0 Å². The molecule has 128 valence electrons. The monoisotopic (exact) mass is 338 g/mol. The summed E-state index contributed by atoms with van der Waals surface area (Å²) in [4.78, 5) is 26.1. The third-order valence-electron chi connectivity index (χ3n) is 5.06. The minimum absolute atomic E-state index is 0.128. The summed E-state index contributed by atoms with van der Waals surface area (Å²) in [7, 11) is 1.46. The highest BCUT2D eigenvalue weighted by Crippen LogP contribution is 2.42. The molecular formula is C20H18O5. The van der Waals surface area contributed by atoms with Gasteiger partial charge in [0.1, 0.15) is 5.75 Å². The summed E-state index contributed by atoms with van der Waals surface area (Å²) < 4.78 is 5.25. The molecule has 2 atom stereocenters. The number of ether oxygens (including phenoxy) is 1. The molecule has 2 aromatic rings. The molecule has 5 nitrogen and oxygen atoms in total. The van der Waals surface area contributed by atoms with Crippen LogP contribution in [0.1, 0.15) is 62.4 Å². The van der Waals surface area contributed by atoms with Crippen LogP contribution in [0.15, 0.2) is 30.3 Å². The first-order valence-corrected chi connectivity index (χ1v) is 8.16. The second kappa shape index (κ2) is 5.25. The van der Waals surface area contributed by atoms with Gasteiger partial charge in [-0.15, -0.1) is 0 Å². The standard InChI is InChI=1S/C20H18O5/c1-20(24)8-10-6-7-12-17(15(10)13(21)9-20)19(23)11-4-3-5-14(25-2)16(11)18(12)22/h3-7,13,21,24H,8-9H2,1-2H3/t13-,20-/m1/s1. The number of carbonyl (C=O) groups excluding carboxylic acids is 2. The van der Waals surface area contributed by atoms with E-state index in [4.69, 9.17) is 4.74 Å². The zero-order valence-electron chi connectivity index (χ0n) is 14.0. The first kappa shape index (κ1) is 16.0. The highest BCUT2D eigenvalue weighted by Gasteiger charge is 2.40. The number of rotatable bonds is 1. The van der Waals surface area contributed by atoms with Gasteiger partial charge in [0.05, 0.1) is 24.4 Å². The Labute approximate surface area is 144 Å². The first-order valence-electron chi connectivity index (χ1n) is 8.16. The maximum Gasteiger partial charge on any atom is 0.198 e. The number of aliphatic hydroxyl groups is 2. The van der Waals surface area contributed by atoms with E-state index >= 15 is 0 Å². The van der Waals surface area contributed by atoms with Crippen molar-refractivity contribution in [2.75, 3.05) is 7.11 Å². The summed E-state index contributed by atoms with van der Waals surface area (Å²) in [5.74, 6) is -0.210. The van der Waals surface area contributed by atoms with Gasteiger partial charge in [0, 0.05) is 29.5 Å². The third-order valence-corrected chi connectivity index (χ3v) is 5.06. The smallest absolute Gasteiger partial charge is 0.198 e. The van der Waals surface area contributed by atoms with E-state index in [0.717, 1.165) is 0 Å². The highest BCUT2D eigenvalue weighted by molar-refractivity contribution is 6.30. The summed E-state index contributed by atoms with van der Waals surface area (Å²) in [5, 5.41) is 20.9. The number of carbonyl (C=O) groups is 2. The van der Waals surface area contributed by atoms with Gasteiger partial charge in [-0.3, -0.25) is 9.59 Å². The van der Waals surface area contributed by atoms with Gasteiger partial charge in [-0.1, -0.05) is 18.2 Å². The molecule has 0 unspecified atom stereocenters. The second-order valence-corrected chi connectivity index (χ2v) is 7.00. The van der Waals surface area contributed by atoms with Crippen LogP contribution in [0.3, 0.4) is 0 Å². The van der Waals surface area contributed by atoms with Crippen LogP contribution in [-0.2, 0) is 6.42 Å². The maximum absolute atomic E-state index is 13.1. The molecule has 0 bridgehead atoms. The van der Waals surface area contributed by atoms with Crippen LogP contribution in [0.25, 0.3) is 0 Å². The van der Waals surface area contributed by atoms with Crippen LogP contribution in [0, 0.1) is 0 Å². The van der Waals surface area contributed by atoms with Crippen molar-refractivity contribution in [1.82, 2.24) is 0 Å². The van der Waals surface area contributed by atoms with E-state index in [2.05, 4.69) is 0 Å². The average molecular weight is 338 g/mol. The molecule has 0 fully saturated rings. The fourth-order valence-corrected chi connectivity index (χ4v) is 4.03. The Kier molecular flexibility index (Phi) is 3.36. The topological polar surface area (TPSA) is 83.8 Å². The van der Waals surface area contributed by atoms with Gasteiger partial charge in [-0.05, 0) is 30.2 Å². The number of aliphatic hydroxyl groups excluding tert-OH is 1. The molecule has 2 N–H and O–H groups in total. The molecule has 0 aromatic heterocycles. The largest absolute Gasteiger partial charge is 0.496 e. The Morgan fingerprint density at radius 2 is 1.76 bits per heavy atom. The van der Waals surface area contributed by atoms with Crippen molar-refractivity contribution in [2.24, 2.45) is 0 Å². The number of hydrogen-bond acceptors (Lipinski definition) is 5. The number of methoxy groups -OCH3 is 1. The van der Waals surface area contributed by atoms with E-state index in [0.29, 0.717) is 23.3 Å². The summed E-state index contributed by atoms with van der Waals surface area (Å²) in [6.07, 6.45) is -0.528. The summed E-state index contributed by atoms with van der Waals surface area (Å²) >= 11 is 0. The zero-order valence-corrected chi connectivity index (χ0v) is 14.0. The summed E-state index contributed by atoms with van der Waals surface area (Å²) in [6, 6.07) is 8.25. The molecule has 5 heteroatoms. The van der Waals surface area contributed by atoms with Gasteiger partial charge < -0.3 is 14.9 Å². The highest BCUT2D eigenvalue weighted by atomic mass is 16.5. The van der Waals surface area contributed by atoms with Gasteiger partial charge >= 0.3 is 0 Å². The number of ketones is 2. The Bertz CT molecular complexity index is 926. The third kappa shape index (κ3) is 2.23. The second-order valence-electron chi connectivity index (χ2n) is 7.00. The SMILES string of the molecule is COc1cccc2c1C(=O)c1ccc3c(c1C2=O)[C@H](O)C[C@](C)(O)C3. The van der Waals surface area contributed by atoms with E-state index in [1.165, 1.54) is 7.11 Å². The molecule has 25 heavy (non-hydrogen) atoms. The lowest BCUT2D eigenvalue weighted by atomic mass is 9.73. The van der Waals surface area contributed by atoms with Crippen molar-refractivity contribution in [1.29, 1.82) is 0 Å². The van der Waals surface area contributed by atoms with Gasteiger partial charge in [0.15, 0.2) is 11.6 Å². The van der Waals surface area contributed by atoms with Gasteiger partial charge in [0.25, 0.3) is 0 Å². The lowest BCUT2D eigenvalue weighted by molar-refractivity contribution is -0.00777. The molecular weight excluding hydrogens is 320 g/mol. The Hall–Kier alpha value is -2.50. The lowest BCUT2D eigenvalue weighted by Gasteiger charge is -2.35. The van der Waals surface area contributed by atoms with Crippen molar-refractivity contribution in [3.63, 3.8) is 0 Å². The normalized spacial score (nSPS) is 24.4. The Morgan fingerprint density at radius 3 is 2.48 bits per heavy atom. The molecule has 2 aromatic carbocycles. The Balaban J connectivity index is 1.98. The van der Waals surface area contributed by atoms with Crippen molar-refractivity contribution in [3.05, 3.63) is 63.7 Å². The molecule has 0 heterocycles. The van der Waals surface area contributed by atoms with Crippen molar-refractivity contribution >= 4 is 11.6 Å². The quantitative estimate of drug-likeness (QED) is 0.711. The predicted octanol–water partition coefficient (Wildman–Crippen LogP) is 2.20. The van der Waals surface area contributed by atoms with Gasteiger partial charge in [-0.2, -0.15) is 0 Å². The van der Waals surface area contributed by atoms with Crippen LogP contribution >= 0.6 is 0 Å². The van der Waals surface area contributed by atoms with E-state index in [1.807, 2.05) is 0 Å². The van der Waals surface area contributed by atoms with E-state index in [-0.39, 0.29) is 40.2 Å². The fraction of sp³-hybridized carbons (Fsp3) is 0.300. The van der Waals surface area contributed by atoms with E-state index < -0.39 is 11.7 Å². The van der Waals surface area contributed by atoms with Crippen molar-refractivity contribution in [3.8, 4) is 5.75 Å². The maximum atomic E-state index is 13.1. The van der Waals surface area contributed by atoms with E-state index in [1.54, 1.807) is 37.3 Å². The van der Waals surface area contributed by atoms with Crippen molar-refractivity contribution in [2.45, 2.75) is 31.5 Å². The van der Waals surface area contributed by atoms with Crippen LogP contribution in [0.4, 0.5) is 0 Å². The molecule has 0 saturated heterocycles. The molecule has 2 aliphatic rings. The lowest BCUT2D eigenvalue weighted by Crippen LogP contribution is -2.36. The summed E-state index contributed by atoms with van der Waals surface area (Å²) in [5.41, 5.74) is 1.22.